The maximum Gasteiger partial charge on any atom is 0.395 e. The zero-order chi connectivity index (χ0) is 6.24. The monoisotopic (exact) mass is 114 g/mol. The summed E-state index contributed by atoms with van der Waals surface area (Å²) in [6, 6.07) is 0. The first-order chi connectivity index (χ1) is 3.91. The Morgan fingerprint density at radius 1 is 1.62 bits per heavy atom. The molecule has 1 radical (unpaired) electrons. The molecule has 0 heterocycles. The average Bonchev–Trinajstić information content (AvgIpc) is 1.81. The lowest BCUT2D eigenvalue weighted by Crippen LogP contribution is -2.21. The summed E-state index contributed by atoms with van der Waals surface area (Å²) in [6.07, 6.45) is 2.43. The Balaban J connectivity index is 2.53. The summed E-state index contributed by atoms with van der Waals surface area (Å²) in [5.41, 5.74) is 0. The Morgan fingerprint density at radius 2 is 2.38 bits per heavy atom. The van der Waals surface area contributed by atoms with Gasteiger partial charge in [-0.25, -0.2) is 0 Å². The summed E-state index contributed by atoms with van der Waals surface area (Å²) in [7, 11) is 3.24. The van der Waals surface area contributed by atoms with Crippen LogP contribution in [0.3, 0.4) is 0 Å². The highest BCUT2D eigenvalue weighted by molar-refractivity contribution is 6.23. The molecule has 0 aromatic heterocycles. The van der Waals surface area contributed by atoms with Gasteiger partial charge >= 0.3 is 7.62 Å². The van der Waals surface area contributed by atoms with E-state index in [1.54, 1.807) is 14.7 Å². The van der Waals surface area contributed by atoms with Crippen LogP contribution in [0.25, 0.3) is 0 Å². The minimum Gasteiger partial charge on any atom is -0.427 e. The molecule has 0 aliphatic carbocycles. The van der Waals surface area contributed by atoms with Gasteiger partial charge in [-0.05, 0) is 13.0 Å². The van der Waals surface area contributed by atoms with Crippen LogP contribution in [0.15, 0.2) is 0 Å². The number of unbranched alkanes of at least 4 members (excludes halogenated alkanes) is 1. The molecule has 3 heteroatoms. The lowest BCUT2D eigenvalue weighted by atomic mass is 10.2. The first-order valence-corrected chi connectivity index (χ1v) is 2.99. The molecule has 0 aliphatic rings. The Kier molecular flexibility index (Phi) is 6.97. The van der Waals surface area contributed by atoms with Crippen molar-refractivity contribution in [2.45, 2.75) is 19.8 Å². The van der Waals surface area contributed by atoms with Crippen LogP contribution < -0.4 is 5.23 Å². The highest BCUT2D eigenvalue weighted by atomic mass is 16.4. The minimum atomic E-state index is 1.02. The molecule has 0 amide bonds. The van der Waals surface area contributed by atoms with E-state index in [1.807, 2.05) is 0 Å². The van der Waals surface area contributed by atoms with Crippen molar-refractivity contribution in [3.8, 4) is 0 Å². The molecule has 47 valence electrons. The molecule has 1 N–H and O–H groups in total. The second kappa shape index (κ2) is 6.98. The van der Waals surface area contributed by atoms with E-state index in [4.69, 9.17) is 0 Å². The summed E-state index contributed by atoms with van der Waals surface area (Å²) < 4.78 is 4.65. The van der Waals surface area contributed by atoms with E-state index in [1.165, 1.54) is 12.8 Å². The van der Waals surface area contributed by atoms with Gasteiger partial charge in [-0.15, -0.1) is 0 Å². The van der Waals surface area contributed by atoms with E-state index in [9.17, 15) is 0 Å². The fourth-order valence-corrected chi connectivity index (χ4v) is 0.421. The van der Waals surface area contributed by atoms with Crippen molar-refractivity contribution in [2.75, 3.05) is 13.7 Å². The van der Waals surface area contributed by atoms with Crippen molar-refractivity contribution >= 4 is 7.62 Å². The van der Waals surface area contributed by atoms with Crippen LogP contribution in [0.2, 0.25) is 0 Å². The summed E-state index contributed by atoms with van der Waals surface area (Å²) in [5.74, 6) is 0. The molecule has 8 heavy (non-hydrogen) atoms. The Bertz CT molecular complexity index is 37.4. The van der Waals surface area contributed by atoms with Gasteiger partial charge in [-0.2, -0.15) is 0 Å². The van der Waals surface area contributed by atoms with Gasteiger partial charge in [0.2, 0.25) is 0 Å². The van der Waals surface area contributed by atoms with Crippen LogP contribution in [0.1, 0.15) is 19.8 Å². The number of hydrogen-bond acceptors (Lipinski definition) is 2. The van der Waals surface area contributed by atoms with Crippen LogP contribution in [0.4, 0.5) is 0 Å². The number of hydrogen-bond donors (Lipinski definition) is 1. The van der Waals surface area contributed by atoms with Crippen molar-refractivity contribution in [2.24, 2.45) is 0 Å². The van der Waals surface area contributed by atoms with Crippen LogP contribution in [-0.2, 0) is 4.65 Å². The molecule has 0 atom stereocenters. The van der Waals surface area contributed by atoms with Crippen LogP contribution in [-0.4, -0.2) is 21.3 Å². The molecule has 0 aromatic rings. The predicted molar refractivity (Wildman–Crippen MR) is 35.7 cm³/mol. The molecule has 0 aromatic carbocycles. The Labute approximate surface area is 51.9 Å². The van der Waals surface area contributed by atoms with Gasteiger partial charge in [0, 0.05) is 7.11 Å². The summed E-state index contributed by atoms with van der Waals surface area (Å²) in [6.45, 7) is 3.18. The van der Waals surface area contributed by atoms with Crippen molar-refractivity contribution in [1.29, 1.82) is 0 Å². The summed E-state index contributed by atoms with van der Waals surface area (Å²) in [4.78, 5) is 0. The molecule has 0 bridgehead atoms. The number of rotatable bonds is 5. The molecule has 0 unspecified atom stereocenters. The van der Waals surface area contributed by atoms with Crippen molar-refractivity contribution < 1.29 is 4.65 Å². The Hall–Kier alpha value is -0.0151. The fourth-order valence-electron chi connectivity index (χ4n) is 0.421. The highest BCUT2D eigenvalue weighted by Crippen LogP contribution is 1.80. The standard InChI is InChI=1S/C5H13BNO/c1-3-4-5-7-6-8-2/h7H,3-5H2,1-2H3. The second-order valence-electron chi connectivity index (χ2n) is 1.66. The zero-order valence-electron chi connectivity index (χ0n) is 5.61. The van der Waals surface area contributed by atoms with E-state index in [0.29, 0.717) is 0 Å². The third kappa shape index (κ3) is 5.98. The quantitative estimate of drug-likeness (QED) is 0.416. The van der Waals surface area contributed by atoms with Gasteiger partial charge in [0.25, 0.3) is 0 Å². The maximum absolute atomic E-state index is 4.65. The largest absolute Gasteiger partial charge is 0.427 e. The van der Waals surface area contributed by atoms with Crippen molar-refractivity contribution in [3.05, 3.63) is 0 Å². The van der Waals surface area contributed by atoms with E-state index < -0.39 is 0 Å². The van der Waals surface area contributed by atoms with Crippen LogP contribution >= 0.6 is 0 Å². The minimum absolute atomic E-state index is 1.02. The third-order valence-corrected chi connectivity index (χ3v) is 0.876. The van der Waals surface area contributed by atoms with Gasteiger partial charge in [0.15, 0.2) is 0 Å². The molecule has 0 saturated carbocycles. The normalized spacial score (nSPS) is 9.25. The smallest absolute Gasteiger partial charge is 0.395 e. The third-order valence-electron chi connectivity index (χ3n) is 0.876. The molecule has 0 spiro atoms. The van der Waals surface area contributed by atoms with Gasteiger partial charge < -0.3 is 9.88 Å². The predicted octanol–water partition coefficient (Wildman–Crippen LogP) is 0.557. The van der Waals surface area contributed by atoms with Crippen LogP contribution in [0, 0.1) is 0 Å². The second-order valence-corrected chi connectivity index (χ2v) is 1.66. The molecule has 2 nitrogen and oxygen atoms in total. The summed E-state index contributed by atoms with van der Waals surface area (Å²) >= 11 is 0. The average molecular weight is 114 g/mol. The lowest BCUT2D eigenvalue weighted by Gasteiger charge is -1.96. The molecule has 0 fully saturated rings. The SMILES string of the molecule is CCCCN[B]OC. The molecular weight excluding hydrogens is 101 g/mol. The first-order valence-electron chi connectivity index (χ1n) is 2.99. The van der Waals surface area contributed by atoms with Crippen molar-refractivity contribution in [3.63, 3.8) is 0 Å². The van der Waals surface area contributed by atoms with Gasteiger partial charge in [-0.3, -0.25) is 0 Å². The lowest BCUT2D eigenvalue weighted by molar-refractivity contribution is 0.430. The molecule has 0 saturated heterocycles. The first kappa shape index (κ1) is 7.98. The van der Waals surface area contributed by atoms with E-state index >= 15 is 0 Å². The number of nitrogens with one attached hydrogen (secondary N) is 1. The summed E-state index contributed by atoms with van der Waals surface area (Å²) in [5, 5.41) is 2.99. The fraction of sp³-hybridized carbons (Fsp3) is 1.00. The van der Waals surface area contributed by atoms with E-state index in [2.05, 4.69) is 16.8 Å². The van der Waals surface area contributed by atoms with Gasteiger partial charge in [0.05, 0.1) is 0 Å². The van der Waals surface area contributed by atoms with Crippen molar-refractivity contribution in [1.82, 2.24) is 5.23 Å². The van der Waals surface area contributed by atoms with Crippen LogP contribution in [0.5, 0.6) is 0 Å². The van der Waals surface area contributed by atoms with E-state index in [-0.39, 0.29) is 0 Å². The highest BCUT2D eigenvalue weighted by Gasteiger charge is 1.84. The zero-order valence-corrected chi connectivity index (χ0v) is 5.61. The Morgan fingerprint density at radius 3 is 2.88 bits per heavy atom. The molecular formula is C5H13BNO. The topological polar surface area (TPSA) is 21.3 Å². The van der Waals surface area contributed by atoms with E-state index in [0.717, 1.165) is 6.54 Å². The molecule has 0 rings (SSSR count). The molecule has 0 aliphatic heterocycles. The maximum atomic E-state index is 4.65. The van der Waals surface area contributed by atoms with Gasteiger partial charge in [-0.1, -0.05) is 13.3 Å². The van der Waals surface area contributed by atoms with Gasteiger partial charge in [0.1, 0.15) is 0 Å².